The number of rotatable bonds is 4. The number of ether oxygens (including phenoxy) is 1. The first kappa shape index (κ1) is 17.3. The Labute approximate surface area is 154 Å². The first-order chi connectivity index (χ1) is 12.4. The maximum atomic E-state index is 13.9. The van der Waals surface area contributed by atoms with Gasteiger partial charge in [0, 0.05) is 34.8 Å². The Balaban J connectivity index is 1.68. The van der Waals surface area contributed by atoms with Gasteiger partial charge in [-0.3, -0.25) is 4.72 Å². The molecule has 0 radical (unpaired) electrons. The van der Waals surface area contributed by atoms with Gasteiger partial charge >= 0.3 is 0 Å². The zero-order valence-corrected chi connectivity index (χ0v) is 15.1. The highest BCUT2D eigenvalue weighted by Gasteiger charge is 2.23. The number of H-pyrrole nitrogens is 1. The van der Waals surface area contributed by atoms with E-state index in [-0.39, 0.29) is 21.5 Å². The van der Waals surface area contributed by atoms with Crippen LogP contribution in [-0.2, 0) is 14.8 Å². The van der Waals surface area contributed by atoms with Crippen molar-refractivity contribution in [3.05, 3.63) is 53.1 Å². The lowest BCUT2D eigenvalue weighted by Gasteiger charge is -2.09. The number of benzene rings is 1. The molecule has 2 N–H and O–H groups in total. The number of anilines is 1. The molecule has 1 atom stereocenters. The summed E-state index contributed by atoms with van der Waals surface area (Å²) >= 11 is 5.70. The summed E-state index contributed by atoms with van der Waals surface area (Å²) in [6, 6.07) is 7.25. The van der Waals surface area contributed by atoms with Gasteiger partial charge < -0.3 is 9.72 Å². The Morgan fingerprint density at radius 2 is 2.15 bits per heavy atom. The van der Waals surface area contributed by atoms with Crippen molar-refractivity contribution in [2.45, 2.75) is 17.2 Å². The molecule has 2 aromatic heterocycles. The van der Waals surface area contributed by atoms with Crippen LogP contribution in [0.15, 0.2) is 41.4 Å². The molecular weight excluding hydrogens is 381 g/mol. The summed E-state index contributed by atoms with van der Waals surface area (Å²) in [7, 11) is -3.99. The number of fused-ring (bicyclic) bond motifs is 1. The fourth-order valence-corrected chi connectivity index (χ4v) is 4.38. The predicted octanol–water partition coefficient (Wildman–Crippen LogP) is 3.66. The Morgan fingerprint density at radius 1 is 1.31 bits per heavy atom. The summed E-state index contributed by atoms with van der Waals surface area (Å²) in [6.07, 6.45) is 2.24. The molecule has 9 heteroatoms. The summed E-state index contributed by atoms with van der Waals surface area (Å²) in [5.74, 6) is -0.536. The van der Waals surface area contributed by atoms with Crippen molar-refractivity contribution < 1.29 is 17.5 Å². The maximum absolute atomic E-state index is 13.9. The maximum Gasteiger partial charge on any atom is 0.264 e. The molecule has 6 nitrogen and oxygen atoms in total. The average Bonchev–Trinajstić information content (AvgIpc) is 3.26. The van der Waals surface area contributed by atoms with E-state index in [9.17, 15) is 12.8 Å². The second-order valence-electron chi connectivity index (χ2n) is 6.08. The van der Waals surface area contributed by atoms with Gasteiger partial charge in [0.2, 0.25) is 0 Å². The highest BCUT2D eigenvalue weighted by Crippen LogP contribution is 2.29. The number of hydrogen-bond donors (Lipinski definition) is 2. The van der Waals surface area contributed by atoms with Crippen LogP contribution in [0.2, 0.25) is 5.02 Å². The van der Waals surface area contributed by atoms with E-state index in [0.717, 1.165) is 18.2 Å². The second kappa shape index (κ2) is 6.53. The second-order valence-corrected chi connectivity index (χ2v) is 8.16. The van der Waals surface area contributed by atoms with Crippen molar-refractivity contribution in [2.75, 3.05) is 17.9 Å². The van der Waals surface area contributed by atoms with Crippen molar-refractivity contribution in [1.29, 1.82) is 0 Å². The van der Waals surface area contributed by atoms with Gasteiger partial charge in [0.15, 0.2) is 0 Å². The van der Waals surface area contributed by atoms with Gasteiger partial charge in [-0.05, 0) is 36.8 Å². The van der Waals surface area contributed by atoms with Crippen LogP contribution in [0, 0.1) is 5.82 Å². The van der Waals surface area contributed by atoms with E-state index < -0.39 is 15.8 Å². The van der Waals surface area contributed by atoms with E-state index in [1.807, 2.05) is 0 Å². The molecule has 4 rings (SSSR count). The summed E-state index contributed by atoms with van der Waals surface area (Å²) in [5, 5.41) is 0.625. The lowest BCUT2D eigenvalue weighted by molar-refractivity contribution is 0.193. The van der Waals surface area contributed by atoms with E-state index in [0.29, 0.717) is 24.2 Å². The highest BCUT2D eigenvalue weighted by atomic mass is 35.5. The first-order valence-electron chi connectivity index (χ1n) is 7.98. The van der Waals surface area contributed by atoms with E-state index in [1.165, 1.54) is 18.3 Å². The van der Waals surface area contributed by atoms with Crippen molar-refractivity contribution in [3.63, 3.8) is 0 Å². The van der Waals surface area contributed by atoms with Crippen molar-refractivity contribution in [2.24, 2.45) is 0 Å². The van der Waals surface area contributed by atoms with Gasteiger partial charge in [0.05, 0.1) is 12.3 Å². The first-order valence-corrected chi connectivity index (χ1v) is 9.84. The fraction of sp³-hybridized carbons (Fsp3) is 0.235. The zero-order valence-electron chi connectivity index (χ0n) is 13.5. The van der Waals surface area contributed by atoms with E-state index >= 15 is 0 Å². The number of halogens is 2. The zero-order chi connectivity index (χ0) is 18.3. The standard InChI is InChI=1S/C17H15ClFN3O3S/c18-11-1-3-15(13(19)7-11)22-26(23,24)16-8-20-17-12(16)2-4-14(21-17)10-5-6-25-9-10/h1-4,7-8,10,22H,5-6,9H2,(H,20,21). The molecule has 1 aliphatic heterocycles. The fourth-order valence-electron chi connectivity index (χ4n) is 2.98. The van der Waals surface area contributed by atoms with Crippen LogP contribution in [-0.4, -0.2) is 31.6 Å². The van der Waals surface area contributed by atoms with Gasteiger partial charge in [-0.1, -0.05) is 11.6 Å². The number of aromatic nitrogens is 2. The normalized spacial score (nSPS) is 17.7. The molecule has 1 aliphatic rings. The monoisotopic (exact) mass is 395 g/mol. The molecule has 0 bridgehead atoms. The summed E-state index contributed by atoms with van der Waals surface area (Å²) < 4.78 is 46.9. The van der Waals surface area contributed by atoms with Crippen LogP contribution < -0.4 is 4.72 Å². The molecule has 0 spiro atoms. The third kappa shape index (κ3) is 3.15. The minimum atomic E-state index is -3.99. The molecule has 136 valence electrons. The number of sulfonamides is 1. The molecule has 0 aliphatic carbocycles. The minimum absolute atomic E-state index is 0.00331. The Hall–Kier alpha value is -2.16. The van der Waals surface area contributed by atoms with Crippen LogP contribution in [0.1, 0.15) is 18.0 Å². The highest BCUT2D eigenvalue weighted by molar-refractivity contribution is 7.93. The van der Waals surface area contributed by atoms with Crippen LogP contribution in [0.3, 0.4) is 0 Å². The Morgan fingerprint density at radius 3 is 2.88 bits per heavy atom. The number of nitrogens with zero attached hydrogens (tertiary/aromatic N) is 1. The number of hydrogen-bond acceptors (Lipinski definition) is 4. The molecule has 1 saturated heterocycles. The minimum Gasteiger partial charge on any atom is -0.381 e. The summed E-state index contributed by atoms with van der Waals surface area (Å²) in [4.78, 5) is 7.39. The van der Waals surface area contributed by atoms with Gasteiger partial charge in [0.1, 0.15) is 16.4 Å². The van der Waals surface area contributed by atoms with Gasteiger partial charge in [-0.25, -0.2) is 17.8 Å². The molecule has 0 saturated carbocycles. The molecule has 1 fully saturated rings. The molecule has 1 aromatic carbocycles. The largest absolute Gasteiger partial charge is 0.381 e. The Kier molecular flexibility index (Phi) is 4.34. The quantitative estimate of drug-likeness (QED) is 0.706. The lowest BCUT2D eigenvalue weighted by Crippen LogP contribution is -2.13. The predicted molar refractivity (Wildman–Crippen MR) is 96.5 cm³/mol. The van der Waals surface area contributed by atoms with Crippen LogP contribution >= 0.6 is 11.6 Å². The van der Waals surface area contributed by atoms with Crippen LogP contribution in [0.4, 0.5) is 10.1 Å². The summed E-state index contributed by atoms with van der Waals surface area (Å²) in [6.45, 7) is 1.31. The van der Waals surface area contributed by atoms with Crippen LogP contribution in [0.5, 0.6) is 0 Å². The summed E-state index contributed by atoms with van der Waals surface area (Å²) in [5.41, 5.74) is 1.15. The van der Waals surface area contributed by atoms with Crippen LogP contribution in [0.25, 0.3) is 11.0 Å². The SMILES string of the molecule is O=S(=O)(Nc1ccc(Cl)cc1F)c1c[nH]c2nc(C3CCOC3)ccc12. The smallest absolute Gasteiger partial charge is 0.264 e. The van der Waals surface area contributed by atoms with Gasteiger partial charge in [0.25, 0.3) is 10.0 Å². The lowest BCUT2D eigenvalue weighted by atomic mass is 10.0. The van der Waals surface area contributed by atoms with Crippen molar-refractivity contribution in [3.8, 4) is 0 Å². The van der Waals surface area contributed by atoms with Gasteiger partial charge in [-0.2, -0.15) is 0 Å². The molecule has 1 unspecified atom stereocenters. The number of aromatic amines is 1. The molecule has 26 heavy (non-hydrogen) atoms. The number of nitrogens with one attached hydrogen (secondary N) is 2. The third-order valence-corrected chi connectivity index (χ3v) is 5.98. The van der Waals surface area contributed by atoms with Crippen molar-refractivity contribution in [1.82, 2.24) is 9.97 Å². The number of pyridine rings is 1. The van der Waals surface area contributed by atoms with E-state index in [4.69, 9.17) is 16.3 Å². The Bertz CT molecular complexity index is 1080. The van der Waals surface area contributed by atoms with Crippen molar-refractivity contribution >= 4 is 38.3 Å². The topological polar surface area (TPSA) is 84.1 Å². The third-order valence-electron chi connectivity index (χ3n) is 4.34. The molecule has 3 heterocycles. The molecule has 0 amide bonds. The average molecular weight is 396 g/mol. The molecular formula is C17H15ClFN3O3S. The van der Waals surface area contributed by atoms with Gasteiger partial charge in [-0.15, -0.1) is 0 Å². The van der Waals surface area contributed by atoms with E-state index in [1.54, 1.807) is 12.1 Å². The van der Waals surface area contributed by atoms with E-state index in [2.05, 4.69) is 14.7 Å². The molecule has 3 aromatic rings.